The summed E-state index contributed by atoms with van der Waals surface area (Å²) in [6, 6.07) is 5.00. The summed E-state index contributed by atoms with van der Waals surface area (Å²) in [5, 5.41) is 0.422. The van der Waals surface area contributed by atoms with Gasteiger partial charge in [0.1, 0.15) is 0 Å². The van der Waals surface area contributed by atoms with Crippen LogP contribution in [0.1, 0.15) is 44.0 Å². The van der Waals surface area contributed by atoms with Gasteiger partial charge in [-0.3, -0.25) is 0 Å². The third kappa shape index (κ3) is 2.72. The Morgan fingerprint density at radius 3 is 2.80 bits per heavy atom. The highest BCUT2D eigenvalue weighted by Crippen LogP contribution is 2.28. The van der Waals surface area contributed by atoms with Crippen molar-refractivity contribution < 1.29 is 10.9 Å². The normalized spacial score (nSPS) is 12.1. The van der Waals surface area contributed by atoms with E-state index < -0.39 is 11.9 Å². The third-order valence-corrected chi connectivity index (χ3v) is 2.32. The zero-order chi connectivity index (χ0) is 12.3. The van der Waals surface area contributed by atoms with Crippen LogP contribution in [0.4, 0.5) is 0 Å². The van der Waals surface area contributed by atoms with Crippen molar-refractivity contribution in [2.75, 3.05) is 6.61 Å². The molecule has 1 rings (SSSR count). The van der Waals surface area contributed by atoms with Crippen LogP contribution in [0.2, 0.25) is 5.02 Å². The second-order valence-corrected chi connectivity index (χ2v) is 3.79. The molecule has 0 atom stereocenters. The Labute approximate surface area is 96.6 Å². The van der Waals surface area contributed by atoms with Crippen molar-refractivity contribution in [2.24, 2.45) is 0 Å². The van der Waals surface area contributed by atoms with Crippen LogP contribution in [0.15, 0.2) is 18.2 Å². The summed E-state index contributed by atoms with van der Waals surface area (Å²) >= 11 is 6.03. The minimum Gasteiger partial charge on any atom is -0.462 e. The molecule has 0 amide bonds. The van der Waals surface area contributed by atoms with Gasteiger partial charge in [0.05, 0.1) is 12.2 Å². The lowest BCUT2D eigenvalue weighted by Crippen LogP contribution is -2.09. The number of hydrogen-bond donors (Lipinski definition) is 0. The van der Waals surface area contributed by atoms with Crippen molar-refractivity contribution in [3.63, 3.8) is 0 Å². The molecule has 0 aliphatic heterocycles. The molecule has 15 heavy (non-hydrogen) atoms. The molecule has 0 aromatic heterocycles. The predicted octanol–water partition coefficient (Wildman–Crippen LogP) is 3.64. The van der Waals surface area contributed by atoms with Crippen molar-refractivity contribution in [1.82, 2.24) is 0 Å². The van der Waals surface area contributed by atoms with Gasteiger partial charge in [-0.1, -0.05) is 31.5 Å². The van der Waals surface area contributed by atoms with Crippen LogP contribution in [0.5, 0.6) is 0 Å². The van der Waals surface area contributed by atoms with Crippen LogP contribution in [0.25, 0.3) is 0 Å². The average molecular weight is 228 g/mol. The number of hydrogen-bond acceptors (Lipinski definition) is 2. The molecule has 1 aromatic rings. The summed E-state index contributed by atoms with van der Waals surface area (Å²) in [7, 11) is 0. The first-order valence-electron chi connectivity index (χ1n) is 5.34. The largest absolute Gasteiger partial charge is 0.462 e. The van der Waals surface area contributed by atoms with Gasteiger partial charge in [0.2, 0.25) is 0 Å². The molecule has 0 N–H and O–H groups in total. The van der Waals surface area contributed by atoms with Gasteiger partial charge >= 0.3 is 5.97 Å². The molecular formula is C12H15ClO2. The van der Waals surface area contributed by atoms with E-state index in [0.29, 0.717) is 22.8 Å². The number of esters is 1. The Morgan fingerprint density at radius 2 is 2.27 bits per heavy atom. The first-order valence-corrected chi connectivity index (χ1v) is 5.21. The molecule has 0 unspecified atom stereocenters. The number of benzene rings is 1. The maximum Gasteiger partial charge on any atom is 0.338 e. The van der Waals surface area contributed by atoms with Crippen molar-refractivity contribution in [3.05, 3.63) is 34.3 Å². The molecule has 0 aliphatic carbocycles. The van der Waals surface area contributed by atoms with Gasteiger partial charge in [0.15, 0.2) is 0 Å². The Bertz CT molecular complexity index is 396. The summed E-state index contributed by atoms with van der Waals surface area (Å²) in [5.74, 6) is -1.36. The lowest BCUT2D eigenvalue weighted by atomic mass is 9.97. The second-order valence-electron chi connectivity index (χ2n) is 3.38. The van der Waals surface area contributed by atoms with E-state index in [0.717, 1.165) is 0 Å². The van der Waals surface area contributed by atoms with Crippen LogP contribution >= 0.6 is 11.6 Å². The summed E-state index contributed by atoms with van der Waals surface area (Å²) < 4.78 is 12.9. The van der Waals surface area contributed by atoms with Crippen molar-refractivity contribution >= 4 is 17.6 Å². The molecule has 0 saturated heterocycles. The van der Waals surface area contributed by atoms with Crippen LogP contribution in [0.3, 0.4) is 0 Å². The number of carbonyl (C=O) groups is 1. The Hall–Kier alpha value is -1.02. The van der Waals surface area contributed by atoms with E-state index in [1.54, 1.807) is 39.0 Å². The maximum atomic E-state index is 11.7. The standard InChI is InChI=1S/C12H15ClO2/c1-4-15-12(14)9-6-5-7-10(13)11(9)8(2)3/h5-8H,4H2,1-3H3/i8D. The van der Waals surface area contributed by atoms with Crippen LogP contribution in [-0.2, 0) is 4.74 Å². The summed E-state index contributed by atoms with van der Waals surface area (Å²) in [4.78, 5) is 11.7. The van der Waals surface area contributed by atoms with Crippen LogP contribution < -0.4 is 0 Å². The Kier molecular flexibility index (Phi) is 3.62. The molecule has 0 spiro atoms. The van der Waals surface area contributed by atoms with E-state index in [1.165, 1.54) is 0 Å². The fourth-order valence-corrected chi connectivity index (χ4v) is 1.77. The van der Waals surface area contributed by atoms with Gasteiger partial charge in [-0.05, 0) is 30.5 Å². The smallest absolute Gasteiger partial charge is 0.338 e. The number of halogens is 1. The first kappa shape index (κ1) is 10.5. The number of carbonyl (C=O) groups excluding carboxylic acids is 1. The van der Waals surface area contributed by atoms with Gasteiger partial charge in [-0.25, -0.2) is 4.79 Å². The molecule has 0 fully saturated rings. The summed E-state index contributed by atoms with van der Waals surface area (Å²) in [6.45, 7) is 5.44. The van der Waals surface area contributed by atoms with Gasteiger partial charge in [0, 0.05) is 6.39 Å². The monoisotopic (exact) mass is 227 g/mol. The van der Waals surface area contributed by atoms with Crippen molar-refractivity contribution in [2.45, 2.75) is 26.7 Å². The van der Waals surface area contributed by atoms with Crippen LogP contribution in [-0.4, -0.2) is 12.6 Å². The number of rotatable bonds is 3. The van der Waals surface area contributed by atoms with Crippen molar-refractivity contribution in [3.8, 4) is 0 Å². The minimum atomic E-state index is -0.930. The third-order valence-electron chi connectivity index (χ3n) is 2.01. The molecule has 0 aliphatic rings. The zero-order valence-electron chi connectivity index (χ0n) is 10.1. The molecule has 82 valence electrons. The van der Waals surface area contributed by atoms with Crippen LogP contribution in [0, 0.1) is 0 Å². The SMILES string of the molecule is [2H]C(C)(C)c1c(Cl)cccc1C(=O)OCC. The Morgan fingerprint density at radius 1 is 1.60 bits per heavy atom. The molecule has 0 bridgehead atoms. The van der Waals surface area contributed by atoms with E-state index in [-0.39, 0.29) is 0 Å². The highest BCUT2D eigenvalue weighted by atomic mass is 35.5. The lowest BCUT2D eigenvalue weighted by Gasteiger charge is -2.13. The molecule has 3 heteroatoms. The average Bonchev–Trinajstić information content (AvgIpc) is 2.15. The fourth-order valence-electron chi connectivity index (χ4n) is 1.41. The lowest BCUT2D eigenvalue weighted by molar-refractivity contribution is 0.0524. The summed E-state index contributed by atoms with van der Waals surface area (Å²) in [5.41, 5.74) is 0.879. The number of ether oxygens (including phenoxy) is 1. The zero-order valence-corrected chi connectivity index (χ0v) is 9.89. The Balaban J connectivity index is 3.29. The molecule has 0 heterocycles. The fraction of sp³-hybridized carbons (Fsp3) is 0.417. The molecule has 1 aromatic carbocycles. The molecule has 2 nitrogen and oxygen atoms in total. The summed E-state index contributed by atoms with van der Waals surface area (Å²) in [6.07, 6.45) is 0. The van der Waals surface area contributed by atoms with Gasteiger partial charge in [0.25, 0.3) is 0 Å². The van der Waals surface area contributed by atoms with E-state index >= 15 is 0 Å². The van der Waals surface area contributed by atoms with E-state index in [9.17, 15) is 4.79 Å². The quantitative estimate of drug-likeness (QED) is 0.737. The van der Waals surface area contributed by atoms with Gasteiger partial charge < -0.3 is 4.74 Å². The van der Waals surface area contributed by atoms with Gasteiger partial charge in [-0.2, -0.15) is 0 Å². The molecule has 0 saturated carbocycles. The van der Waals surface area contributed by atoms with E-state index in [4.69, 9.17) is 17.7 Å². The molecule has 0 radical (unpaired) electrons. The van der Waals surface area contributed by atoms with E-state index in [1.807, 2.05) is 0 Å². The minimum absolute atomic E-state index is 0.309. The first-order chi connectivity index (χ1) is 7.38. The highest BCUT2D eigenvalue weighted by Gasteiger charge is 2.17. The topological polar surface area (TPSA) is 26.3 Å². The van der Waals surface area contributed by atoms with Gasteiger partial charge in [-0.15, -0.1) is 0 Å². The second kappa shape index (κ2) is 5.17. The predicted molar refractivity (Wildman–Crippen MR) is 61.5 cm³/mol. The van der Waals surface area contributed by atoms with Crippen molar-refractivity contribution in [1.29, 1.82) is 0 Å². The highest BCUT2D eigenvalue weighted by molar-refractivity contribution is 6.31. The van der Waals surface area contributed by atoms with E-state index in [2.05, 4.69) is 0 Å². The molecular weight excluding hydrogens is 212 g/mol. The maximum absolute atomic E-state index is 11.7.